The Morgan fingerprint density at radius 3 is 0.958 bits per heavy atom. The molecule has 0 aliphatic carbocycles. The summed E-state index contributed by atoms with van der Waals surface area (Å²) >= 11 is 0. The summed E-state index contributed by atoms with van der Waals surface area (Å²) in [4.78, 5) is 38.2. The van der Waals surface area contributed by atoms with Crippen LogP contribution in [0.4, 0.5) is 0 Å². The minimum atomic E-state index is -0.819. The van der Waals surface area contributed by atoms with Crippen LogP contribution in [0.1, 0.15) is 271 Å². The second-order valence-electron chi connectivity index (χ2n) is 19.5. The molecule has 0 bridgehead atoms. The van der Waals surface area contributed by atoms with Crippen LogP contribution in [-0.2, 0) is 28.6 Å². The zero-order chi connectivity index (χ0) is 52.2. The highest BCUT2D eigenvalue weighted by Crippen LogP contribution is 2.16. The van der Waals surface area contributed by atoms with Gasteiger partial charge in [0, 0.05) is 19.3 Å². The highest BCUT2D eigenvalue weighted by atomic mass is 16.6. The van der Waals surface area contributed by atoms with Gasteiger partial charge in [-0.05, 0) is 96.3 Å². The zero-order valence-corrected chi connectivity index (χ0v) is 46.9. The maximum absolute atomic E-state index is 12.9. The lowest BCUT2D eigenvalue weighted by Gasteiger charge is -2.18. The Labute approximate surface area is 444 Å². The molecule has 410 valence electrons. The summed E-state index contributed by atoms with van der Waals surface area (Å²) < 4.78 is 16.8. The average Bonchev–Trinajstić information content (AvgIpc) is 3.38. The number of hydrogen-bond donors (Lipinski definition) is 0. The maximum Gasteiger partial charge on any atom is 0.306 e. The van der Waals surface area contributed by atoms with Crippen LogP contribution in [0.5, 0.6) is 0 Å². The Kier molecular flexibility index (Phi) is 56.4. The average molecular weight is 1000 g/mol. The van der Waals surface area contributed by atoms with Crippen LogP contribution in [0.15, 0.2) is 109 Å². The van der Waals surface area contributed by atoms with Gasteiger partial charge in [0.15, 0.2) is 6.10 Å². The highest BCUT2D eigenvalue weighted by Gasteiger charge is 2.19. The SMILES string of the molecule is CC/C=C/C/C=C/C/C=C/C/C=C/C/C=C/C/C=C/CCC(=O)OC[C@@H](COC(=O)CCCCCC/C=C/C/C=C/C/C=C/CCCCC)OC(=O)CCCCCCCCCCCCCCCCCCCC. The summed E-state index contributed by atoms with van der Waals surface area (Å²) in [6.07, 6.45) is 80.9. The van der Waals surface area contributed by atoms with Gasteiger partial charge in [0.05, 0.1) is 0 Å². The van der Waals surface area contributed by atoms with Gasteiger partial charge in [-0.2, -0.15) is 0 Å². The molecule has 0 spiro atoms. The van der Waals surface area contributed by atoms with E-state index in [0.29, 0.717) is 19.3 Å². The fraction of sp³-hybridized carbons (Fsp3) is 0.682. The topological polar surface area (TPSA) is 78.9 Å². The number of esters is 3. The largest absolute Gasteiger partial charge is 0.462 e. The van der Waals surface area contributed by atoms with Gasteiger partial charge in [0.2, 0.25) is 0 Å². The van der Waals surface area contributed by atoms with Gasteiger partial charge in [-0.3, -0.25) is 14.4 Å². The monoisotopic (exact) mass is 999 g/mol. The lowest BCUT2D eigenvalue weighted by atomic mass is 10.0. The van der Waals surface area contributed by atoms with Gasteiger partial charge in [-0.15, -0.1) is 0 Å². The molecule has 0 aromatic heterocycles. The minimum Gasteiger partial charge on any atom is -0.462 e. The van der Waals surface area contributed by atoms with Crippen molar-refractivity contribution in [2.75, 3.05) is 13.2 Å². The fourth-order valence-electron chi connectivity index (χ4n) is 8.06. The number of hydrogen-bond acceptors (Lipinski definition) is 6. The van der Waals surface area contributed by atoms with Crippen molar-refractivity contribution in [3.05, 3.63) is 109 Å². The van der Waals surface area contributed by atoms with E-state index in [9.17, 15) is 14.4 Å². The van der Waals surface area contributed by atoms with Crippen molar-refractivity contribution >= 4 is 17.9 Å². The Hall–Kier alpha value is -3.93. The van der Waals surface area contributed by atoms with Gasteiger partial charge < -0.3 is 14.2 Å². The van der Waals surface area contributed by atoms with Gasteiger partial charge in [-0.1, -0.05) is 265 Å². The summed E-state index contributed by atoms with van der Waals surface area (Å²) in [5, 5.41) is 0. The number of allylic oxidation sites excluding steroid dienone is 18. The second-order valence-corrected chi connectivity index (χ2v) is 19.5. The van der Waals surface area contributed by atoms with Crippen LogP contribution in [0.3, 0.4) is 0 Å². The first-order valence-electron chi connectivity index (χ1n) is 29.9. The summed E-state index contributed by atoms with van der Waals surface area (Å²) in [6.45, 7) is 6.43. The van der Waals surface area contributed by atoms with E-state index in [-0.39, 0.29) is 37.5 Å². The van der Waals surface area contributed by atoms with Crippen molar-refractivity contribution in [2.24, 2.45) is 0 Å². The number of unbranched alkanes of at least 4 members (excludes halogenated alkanes) is 24. The molecule has 0 radical (unpaired) electrons. The van der Waals surface area contributed by atoms with E-state index in [2.05, 4.69) is 124 Å². The third kappa shape index (κ3) is 57.0. The van der Waals surface area contributed by atoms with Gasteiger partial charge in [-0.25, -0.2) is 0 Å². The minimum absolute atomic E-state index is 0.112. The number of carbonyl (C=O) groups excluding carboxylic acids is 3. The van der Waals surface area contributed by atoms with E-state index in [0.717, 1.165) is 103 Å². The van der Waals surface area contributed by atoms with Crippen molar-refractivity contribution in [1.82, 2.24) is 0 Å². The summed E-state index contributed by atoms with van der Waals surface area (Å²) in [7, 11) is 0. The normalized spacial score (nSPS) is 12.9. The quantitative estimate of drug-likeness (QED) is 0.0261. The van der Waals surface area contributed by atoms with Crippen molar-refractivity contribution < 1.29 is 28.6 Å². The third-order valence-electron chi connectivity index (χ3n) is 12.5. The molecular formula is C66H110O6. The molecule has 0 saturated heterocycles. The molecule has 0 heterocycles. The number of carbonyl (C=O) groups is 3. The molecule has 0 fully saturated rings. The van der Waals surface area contributed by atoms with Crippen molar-refractivity contribution in [3.63, 3.8) is 0 Å². The highest BCUT2D eigenvalue weighted by molar-refractivity contribution is 5.71. The molecule has 1 atom stereocenters. The molecule has 0 rings (SSSR count). The first-order chi connectivity index (χ1) is 35.5. The third-order valence-corrected chi connectivity index (χ3v) is 12.5. The van der Waals surface area contributed by atoms with E-state index >= 15 is 0 Å². The molecule has 0 aliphatic rings. The lowest BCUT2D eigenvalue weighted by Crippen LogP contribution is -2.30. The Bertz CT molecular complexity index is 1470. The smallest absolute Gasteiger partial charge is 0.306 e. The van der Waals surface area contributed by atoms with Crippen LogP contribution in [0, 0.1) is 0 Å². The Morgan fingerprint density at radius 1 is 0.292 bits per heavy atom. The van der Waals surface area contributed by atoms with Crippen LogP contribution >= 0.6 is 0 Å². The van der Waals surface area contributed by atoms with E-state index in [1.54, 1.807) is 0 Å². The molecule has 0 aliphatic heterocycles. The summed E-state index contributed by atoms with van der Waals surface area (Å²) in [6, 6.07) is 0. The van der Waals surface area contributed by atoms with Crippen molar-refractivity contribution in [2.45, 2.75) is 277 Å². The number of ether oxygens (including phenoxy) is 3. The van der Waals surface area contributed by atoms with Crippen LogP contribution in [0.2, 0.25) is 0 Å². The molecule has 0 amide bonds. The second kappa shape index (κ2) is 59.6. The van der Waals surface area contributed by atoms with E-state index in [4.69, 9.17) is 14.2 Å². The maximum atomic E-state index is 12.9. The van der Waals surface area contributed by atoms with Gasteiger partial charge in [0.25, 0.3) is 0 Å². The molecular weight excluding hydrogens is 889 g/mol. The molecule has 6 nitrogen and oxygen atoms in total. The molecule has 0 aromatic carbocycles. The lowest BCUT2D eigenvalue weighted by molar-refractivity contribution is -0.166. The van der Waals surface area contributed by atoms with Gasteiger partial charge >= 0.3 is 17.9 Å². The van der Waals surface area contributed by atoms with E-state index < -0.39 is 6.10 Å². The number of rotatable bonds is 53. The van der Waals surface area contributed by atoms with Crippen LogP contribution in [0.25, 0.3) is 0 Å². The summed E-state index contributed by atoms with van der Waals surface area (Å²) in [5.74, 6) is -1.01. The van der Waals surface area contributed by atoms with Crippen molar-refractivity contribution in [3.8, 4) is 0 Å². The first-order valence-corrected chi connectivity index (χ1v) is 29.9. The van der Waals surface area contributed by atoms with E-state index in [1.807, 2.05) is 6.08 Å². The first kappa shape index (κ1) is 68.1. The van der Waals surface area contributed by atoms with Crippen LogP contribution < -0.4 is 0 Å². The van der Waals surface area contributed by atoms with E-state index in [1.165, 1.54) is 122 Å². The predicted molar refractivity (Wildman–Crippen MR) is 311 cm³/mol. The zero-order valence-electron chi connectivity index (χ0n) is 46.9. The molecule has 72 heavy (non-hydrogen) atoms. The standard InChI is InChI=1S/C66H110O6/c1-4-7-10-13-16-19-22-25-28-31-33-36-38-41-44-47-50-53-56-59-65(68)71-62-63(61-70-64(67)58-55-52-49-46-43-40-37-34-30-27-24-21-18-15-12-9-6-3)72-66(69)60-57-54-51-48-45-42-39-35-32-29-26-23-20-17-14-11-8-5-2/h7,10,16,18-19,21,25,27-28,30,33,36-37,40-41,44,50,53,63H,4-6,8-9,11-15,17,20,22-24,26,29,31-32,34-35,38-39,42-43,45-49,51-52,54-62H2,1-3H3/b10-7+,19-16+,21-18+,28-25+,30-27+,36-33+,40-37+,44-41+,53-50+/t63-/m1/s1. The molecule has 0 unspecified atom stereocenters. The summed E-state index contributed by atoms with van der Waals surface area (Å²) in [5.41, 5.74) is 0. The molecule has 0 saturated carbocycles. The van der Waals surface area contributed by atoms with Crippen molar-refractivity contribution in [1.29, 1.82) is 0 Å². The molecule has 6 heteroatoms. The molecule has 0 aromatic rings. The Morgan fingerprint density at radius 2 is 0.569 bits per heavy atom. The van der Waals surface area contributed by atoms with Gasteiger partial charge in [0.1, 0.15) is 13.2 Å². The Balaban J connectivity index is 4.53. The fourth-order valence-corrected chi connectivity index (χ4v) is 8.06. The predicted octanol–water partition coefficient (Wildman–Crippen LogP) is 20.3. The molecule has 0 N–H and O–H groups in total. The van der Waals surface area contributed by atoms with Crippen LogP contribution in [-0.4, -0.2) is 37.2 Å².